The highest BCUT2D eigenvalue weighted by Crippen LogP contribution is 2.24. The van der Waals surface area contributed by atoms with Crippen molar-refractivity contribution in [2.75, 3.05) is 27.2 Å². The Balaban J connectivity index is 2.21. The molecule has 4 nitrogen and oxygen atoms in total. The summed E-state index contributed by atoms with van der Waals surface area (Å²) in [6, 6.07) is 6.56. The van der Waals surface area contributed by atoms with Gasteiger partial charge >= 0.3 is 0 Å². The summed E-state index contributed by atoms with van der Waals surface area (Å²) in [6.45, 7) is 2.74. The van der Waals surface area contributed by atoms with Crippen molar-refractivity contribution in [1.82, 2.24) is 20.0 Å². The molecule has 1 N–H and O–H groups in total. The molecule has 0 spiro atoms. The van der Waals surface area contributed by atoms with Crippen LogP contribution in [-0.2, 0) is 13.6 Å². The number of halogens is 1. The first kappa shape index (κ1) is 14.7. The molecule has 1 heterocycles. The lowest BCUT2D eigenvalue weighted by atomic mass is 10.1. The zero-order chi connectivity index (χ0) is 14.5. The number of aromatic nitrogens is 2. The molecule has 0 fully saturated rings. The van der Waals surface area contributed by atoms with Gasteiger partial charge in [-0.25, -0.2) is 4.39 Å². The van der Waals surface area contributed by atoms with E-state index in [0.29, 0.717) is 0 Å². The van der Waals surface area contributed by atoms with Crippen molar-refractivity contribution in [2.24, 2.45) is 7.05 Å². The minimum atomic E-state index is -0.219. The zero-order valence-corrected chi connectivity index (χ0v) is 12.2. The molecular weight excluding hydrogens is 255 g/mol. The molecule has 2 rings (SSSR count). The van der Waals surface area contributed by atoms with Gasteiger partial charge in [-0.2, -0.15) is 5.10 Å². The molecular formula is C15H21FN4. The molecule has 0 atom stereocenters. The summed E-state index contributed by atoms with van der Waals surface area (Å²) in [6.07, 6.45) is 1.88. The van der Waals surface area contributed by atoms with E-state index in [1.165, 1.54) is 12.1 Å². The zero-order valence-electron chi connectivity index (χ0n) is 12.2. The van der Waals surface area contributed by atoms with Crippen LogP contribution in [0.2, 0.25) is 0 Å². The summed E-state index contributed by atoms with van der Waals surface area (Å²) in [5.74, 6) is -0.219. The van der Waals surface area contributed by atoms with Crippen LogP contribution in [0.25, 0.3) is 11.3 Å². The SMILES string of the molecule is CNCCN(C)Cc1cnn(C)c1-c1ccc(F)cc1. The smallest absolute Gasteiger partial charge is 0.123 e. The average molecular weight is 276 g/mol. The monoisotopic (exact) mass is 276 g/mol. The van der Waals surface area contributed by atoms with Crippen molar-refractivity contribution in [2.45, 2.75) is 6.54 Å². The van der Waals surface area contributed by atoms with Gasteiger partial charge in [-0.3, -0.25) is 4.68 Å². The molecule has 0 aliphatic heterocycles. The molecule has 0 amide bonds. The van der Waals surface area contributed by atoms with E-state index in [1.807, 2.05) is 25.0 Å². The van der Waals surface area contributed by atoms with E-state index in [1.54, 1.807) is 12.1 Å². The second-order valence-corrected chi connectivity index (χ2v) is 4.99. The molecule has 0 bridgehead atoms. The number of nitrogens with zero attached hydrogens (tertiary/aromatic N) is 3. The summed E-state index contributed by atoms with van der Waals surface area (Å²) in [7, 11) is 5.94. The lowest BCUT2D eigenvalue weighted by molar-refractivity contribution is 0.328. The van der Waals surface area contributed by atoms with Crippen LogP contribution in [0.5, 0.6) is 0 Å². The third-order valence-corrected chi connectivity index (χ3v) is 3.32. The van der Waals surface area contributed by atoms with Gasteiger partial charge in [-0.15, -0.1) is 0 Å². The van der Waals surface area contributed by atoms with E-state index in [9.17, 15) is 4.39 Å². The van der Waals surface area contributed by atoms with Crippen molar-refractivity contribution in [3.63, 3.8) is 0 Å². The highest BCUT2D eigenvalue weighted by molar-refractivity contribution is 5.63. The van der Waals surface area contributed by atoms with Crippen LogP contribution in [0.1, 0.15) is 5.56 Å². The Morgan fingerprint density at radius 2 is 2.00 bits per heavy atom. The Bertz CT molecular complexity index is 548. The second kappa shape index (κ2) is 6.63. The number of rotatable bonds is 6. The number of hydrogen-bond donors (Lipinski definition) is 1. The molecule has 108 valence electrons. The average Bonchev–Trinajstić information content (AvgIpc) is 2.78. The van der Waals surface area contributed by atoms with Crippen LogP contribution >= 0.6 is 0 Å². The van der Waals surface area contributed by atoms with Gasteiger partial charge in [0.1, 0.15) is 5.82 Å². The van der Waals surface area contributed by atoms with Gasteiger partial charge in [-0.1, -0.05) is 0 Å². The van der Waals surface area contributed by atoms with Crippen molar-refractivity contribution in [3.05, 3.63) is 41.8 Å². The maximum absolute atomic E-state index is 13.0. The molecule has 20 heavy (non-hydrogen) atoms. The molecule has 0 saturated heterocycles. The minimum Gasteiger partial charge on any atom is -0.318 e. The first-order chi connectivity index (χ1) is 9.61. The highest BCUT2D eigenvalue weighted by atomic mass is 19.1. The Morgan fingerprint density at radius 1 is 1.30 bits per heavy atom. The summed E-state index contributed by atoms with van der Waals surface area (Å²) >= 11 is 0. The summed E-state index contributed by atoms with van der Waals surface area (Å²) in [4.78, 5) is 2.24. The Morgan fingerprint density at radius 3 is 2.65 bits per heavy atom. The lowest BCUT2D eigenvalue weighted by Crippen LogP contribution is -2.27. The number of hydrogen-bond acceptors (Lipinski definition) is 3. The fourth-order valence-corrected chi connectivity index (χ4v) is 2.25. The van der Waals surface area contributed by atoms with Crippen molar-refractivity contribution < 1.29 is 4.39 Å². The van der Waals surface area contributed by atoms with Gasteiger partial charge in [0.2, 0.25) is 0 Å². The van der Waals surface area contributed by atoms with E-state index < -0.39 is 0 Å². The maximum atomic E-state index is 13.0. The third kappa shape index (κ3) is 3.43. The lowest BCUT2D eigenvalue weighted by Gasteiger charge is -2.16. The summed E-state index contributed by atoms with van der Waals surface area (Å²) < 4.78 is 14.9. The van der Waals surface area contributed by atoms with E-state index in [-0.39, 0.29) is 5.82 Å². The predicted molar refractivity (Wildman–Crippen MR) is 78.9 cm³/mol. The largest absolute Gasteiger partial charge is 0.318 e. The van der Waals surface area contributed by atoms with Crippen LogP contribution in [0.4, 0.5) is 4.39 Å². The normalized spacial score (nSPS) is 11.2. The molecule has 0 aliphatic rings. The molecule has 2 aromatic rings. The number of aryl methyl sites for hydroxylation is 1. The van der Waals surface area contributed by atoms with Crippen LogP contribution in [0, 0.1) is 5.82 Å². The Labute approximate surface area is 119 Å². The van der Waals surface area contributed by atoms with Gasteiger partial charge in [0.05, 0.1) is 11.9 Å². The number of benzene rings is 1. The van der Waals surface area contributed by atoms with Gasteiger partial charge in [0.25, 0.3) is 0 Å². The molecule has 0 saturated carbocycles. The highest BCUT2D eigenvalue weighted by Gasteiger charge is 2.12. The standard InChI is InChI=1S/C15H21FN4/c1-17-8-9-19(2)11-13-10-18-20(3)15(13)12-4-6-14(16)7-5-12/h4-7,10,17H,8-9,11H2,1-3H3. The van der Waals surface area contributed by atoms with E-state index >= 15 is 0 Å². The molecule has 1 aromatic heterocycles. The fraction of sp³-hybridized carbons (Fsp3) is 0.400. The first-order valence-electron chi connectivity index (χ1n) is 6.71. The molecule has 0 radical (unpaired) electrons. The quantitative estimate of drug-likeness (QED) is 0.874. The molecule has 1 aromatic carbocycles. The van der Waals surface area contributed by atoms with Crippen molar-refractivity contribution in [3.8, 4) is 11.3 Å². The van der Waals surface area contributed by atoms with Crippen molar-refractivity contribution in [1.29, 1.82) is 0 Å². The van der Waals surface area contributed by atoms with E-state index in [0.717, 1.165) is 36.5 Å². The second-order valence-electron chi connectivity index (χ2n) is 4.99. The minimum absolute atomic E-state index is 0.219. The van der Waals surface area contributed by atoms with Gasteiger partial charge < -0.3 is 10.2 Å². The summed E-state index contributed by atoms with van der Waals surface area (Å²) in [5.41, 5.74) is 3.18. The Kier molecular flexibility index (Phi) is 4.87. The molecule has 5 heteroatoms. The van der Waals surface area contributed by atoms with Gasteiger partial charge in [-0.05, 0) is 38.4 Å². The van der Waals surface area contributed by atoms with Crippen LogP contribution < -0.4 is 5.32 Å². The maximum Gasteiger partial charge on any atom is 0.123 e. The fourth-order valence-electron chi connectivity index (χ4n) is 2.25. The Hall–Kier alpha value is -1.72. The van der Waals surface area contributed by atoms with Crippen LogP contribution in [-0.4, -0.2) is 41.9 Å². The van der Waals surface area contributed by atoms with E-state index in [4.69, 9.17) is 0 Å². The van der Waals surface area contributed by atoms with Crippen molar-refractivity contribution >= 4 is 0 Å². The van der Waals surface area contributed by atoms with Crippen LogP contribution in [0.15, 0.2) is 30.5 Å². The third-order valence-electron chi connectivity index (χ3n) is 3.32. The predicted octanol–water partition coefficient (Wildman–Crippen LogP) is 1.88. The first-order valence-corrected chi connectivity index (χ1v) is 6.71. The van der Waals surface area contributed by atoms with Crippen LogP contribution in [0.3, 0.4) is 0 Å². The van der Waals surface area contributed by atoms with Gasteiger partial charge in [0, 0.05) is 37.8 Å². The number of likely N-dealkylation sites (N-methyl/N-ethyl adjacent to an activating group) is 2. The topological polar surface area (TPSA) is 33.1 Å². The molecule has 0 aliphatic carbocycles. The molecule has 0 unspecified atom stereocenters. The summed E-state index contributed by atoms with van der Waals surface area (Å²) in [5, 5.41) is 7.47. The van der Waals surface area contributed by atoms with Gasteiger partial charge in [0.15, 0.2) is 0 Å². The van der Waals surface area contributed by atoms with E-state index in [2.05, 4.69) is 22.4 Å². The number of nitrogens with one attached hydrogen (secondary N) is 1.